The zero-order valence-electron chi connectivity index (χ0n) is 16.7. The van der Waals surface area contributed by atoms with Gasteiger partial charge in [-0.25, -0.2) is 4.98 Å². The van der Waals surface area contributed by atoms with Crippen LogP contribution in [0.5, 0.6) is 0 Å². The van der Waals surface area contributed by atoms with Gasteiger partial charge in [0, 0.05) is 22.2 Å². The van der Waals surface area contributed by atoms with Crippen molar-refractivity contribution in [3.63, 3.8) is 0 Å². The molecule has 0 unspecified atom stereocenters. The summed E-state index contributed by atoms with van der Waals surface area (Å²) in [5, 5.41) is 6.42. The van der Waals surface area contributed by atoms with Crippen LogP contribution in [0.4, 0.5) is 0 Å². The molecule has 0 saturated heterocycles. The summed E-state index contributed by atoms with van der Waals surface area (Å²) in [5.41, 5.74) is 3.92. The van der Waals surface area contributed by atoms with Gasteiger partial charge in [0.15, 0.2) is 5.82 Å². The number of hydrogen-bond donors (Lipinski definition) is 0. The number of aromatic nitrogens is 3. The molecule has 0 N–H and O–H groups in total. The zero-order chi connectivity index (χ0) is 21.4. The molecule has 0 spiro atoms. The van der Waals surface area contributed by atoms with E-state index in [-0.39, 0.29) is 5.56 Å². The molecule has 0 aliphatic carbocycles. The Morgan fingerprint density at radius 2 is 1.71 bits per heavy atom. The number of hydrogen-bond acceptors (Lipinski definition) is 4. The van der Waals surface area contributed by atoms with E-state index in [1.54, 1.807) is 30.6 Å². The first-order valence-corrected chi connectivity index (χ1v) is 10.2. The van der Waals surface area contributed by atoms with Crippen molar-refractivity contribution in [3.05, 3.63) is 105 Å². The molecule has 0 amide bonds. The van der Waals surface area contributed by atoms with Crippen LogP contribution in [-0.2, 0) is 0 Å². The summed E-state index contributed by atoms with van der Waals surface area (Å²) in [5.74, 6) is 0.439. The largest absolute Gasteiger partial charge is 0.282 e. The van der Waals surface area contributed by atoms with Gasteiger partial charge in [-0.2, -0.15) is 9.78 Å². The molecule has 31 heavy (non-hydrogen) atoms. The lowest BCUT2D eigenvalue weighted by Gasteiger charge is -2.11. The number of rotatable bonds is 3. The van der Waals surface area contributed by atoms with Gasteiger partial charge in [-0.05, 0) is 61.0 Å². The van der Waals surface area contributed by atoms with Crippen molar-refractivity contribution < 1.29 is 0 Å². The maximum absolute atomic E-state index is 13.5. The summed E-state index contributed by atoms with van der Waals surface area (Å²) in [4.78, 5) is 22.7. The number of nitrogens with zero attached hydrogens (tertiary/aromatic N) is 4. The van der Waals surface area contributed by atoms with Gasteiger partial charge in [0.2, 0.25) is 0 Å². The first kappa shape index (κ1) is 19.2. The van der Waals surface area contributed by atoms with Crippen molar-refractivity contribution in [3.8, 4) is 11.4 Å². The highest BCUT2D eigenvalue weighted by molar-refractivity contribution is 6.30. The molecule has 2 aromatic heterocycles. The third kappa shape index (κ3) is 3.60. The molecular formula is C25H17ClN4O. The predicted molar refractivity (Wildman–Crippen MR) is 126 cm³/mol. The topological polar surface area (TPSA) is 60.1 Å². The highest BCUT2D eigenvalue weighted by Crippen LogP contribution is 2.25. The lowest BCUT2D eigenvalue weighted by atomic mass is 10.1. The Bertz CT molecular complexity index is 1500. The van der Waals surface area contributed by atoms with Crippen LogP contribution in [0.25, 0.3) is 33.2 Å². The molecule has 150 valence electrons. The Morgan fingerprint density at radius 1 is 0.935 bits per heavy atom. The van der Waals surface area contributed by atoms with E-state index < -0.39 is 0 Å². The molecule has 0 radical (unpaired) electrons. The van der Waals surface area contributed by atoms with Crippen LogP contribution in [0.15, 0.2) is 88.9 Å². The first-order valence-electron chi connectivity index (χ1n) is 9.77. The van der Waals surface area contributed by atoms with Gasteiger partial charge < -0.3 is 0 Å². The van der Waals surface area contributed by atoms with Crippen molar-refractivity contribution in [2.45, 2.75) is 6.92 Å². The van der Waals surface area contributed by atoms with Gasteiger partial charge in [0.05, 0.1) is 22.6 Å². The summed E-state index contributed by atoms with van der Waals surface area (Å²) >= 11 is 6.07. The van der Waals surface area contributed by atoms with Gasteiger partial charge in [-0.15, -0.1) is 0 Å². The molecule has 5 aromatic rings. The molecular weight excluding hydrogens is 408 g/mol. The van der Waals surface area contributed by atoms with Gasteiger partial charge in [0.1, 0.15) is 0 Å². The highest BCUT2D eigenvalue weighted by Gasteiger charge is 2.15. The number of benzene rings is 3. The Morgan fingerprint density at radius 3 is 2.48 bits per heavy atom. The monoisotopic (exact) mass is 424 g/mol. The Labute approximate surface area is 183 Å². The quantitative estimate of drug-likeness (QED) is 0.285. The minimum absolute atomic E-state index is 0.246. The summed E-state index contributed by atoms with van der Waals surface area (Å²) in [6, 6.07) is 22.5. The molecule has 2 heterocycles. The maximum Gasteiger partial charge on any atom is 0.282 e. The SMILES string of the molecule is Cc1ccc(/C=N/n2c(-c3ccc(Cl)cc3)nc3c(ccc4ncccc43)c2=O)cc1. The minimum atomic E-state index is -0.246. The van der Waals surface area contributed by atoms with Crippen molar-refractivity contribution in [1.29, 1.82) is 0 Å². The van der Waals surface area contributed by atoms with E-state index in [2.05, 4.69) is 10.1 Å². The summed E-state index contributed by atoms with van der Waals surface area (Å²) in [6.07, 6.45) is 3.39. The second-order valence-corrected chi connectivity index (χ2v) is 7.68. The van der Waals surface area contributed by atoms with Crippen LogP contribution < -0.4 is 5.56 Å². The Kier molecular flexibility index (Phi) is 4.81. The van der Waals surface area contributed by atoms with E-state index in [0.29, 0.717) is 21.7 Å². The second kappa shape index (κ2) is 7.78. The maximum atomic E-state index is 13.5. The molecule has 0 bridgehead atoms. The average Bonchev–Trinajstić information content (AvgIpc) is 2.80. The van der Waals surface area contributed by atoms with E-state index in [1.807, 2.05) is 61.5 Å². The molecule has 0 fully saturated rings. The van der Waals surface area contributed by atoms with Crippen LogP contribution in [0.2, 0.25) is 5.02 Å². The first-order chi connectivity index (χ1) is 15.1. The molecule has 3 aromatic carbocycles. The van der Waals surface area contributed by atoms with Gasteiger partial charge in [-0.1, -0.05) is 41.4 Å². The van der Waals surface area contributed by atoms with Crippen molar-refractivity contribution in [2.24, 2.45) is 5.10 Å². The van der Waals surface area contributed by atoms with Crippen LogP contribution in [0.1, 0.15) is 11.1 Å². The molecule has 0 aliphatic heterocycles. The number of fused-ring (bicyclic) bond motifs is 3. The van der Waals surface area contributed by atoms with E-state index in [0.717, 1.165) is 27.6 Å². The normalized spacial score (nSPS) is 11.5. The smallest absolute Gasteiger partial charge is 0.267 e. The Balaban J connectivity index is 1.79. The molecule has 0 atom stereocenters. The van der Waals surface area contributed by atoms with Crippen molar-refractivity contribution in [1.82, 2.24) is 14.6 Å². The Hall–Kier alpha value is -3.83. The summed E-state index contributed by atoms with van der Waals surface area (Å²) in [6.45, 7) is 2.02. The van der Waals surface area contributed by atoms with E-state index in [4.69, 9.17) is 16.6 Å². The fourth-order valence-electron chi connectivity index (χ4n) is 3.46. The fourth-order valence-corrected chi connectivity index (χ4v) is 3.59. The molecule has 6 heteroatoms. The van der Waals surface area contributed by atoms with Crippen LogP contribution in [-0.4, -0.2) is 20.9 Å². The van der Waals surface area contributed by atoms with Crippen LogP contribution >= 0.6 is 11.6 Å². The van der Waals surface area contributed by atoms with E-state index >= 15 is 0 Å². The third-order valence-electron chi connectivity index (χ3n) is 5.10. The number of pyridine rings is 1. The summed E-state index contributed by atoms with van der Waals surface area (Å²) < 4.78 is 1.34. The van der Waals surface area contributed by atoms with Gasteiger partial charge in [0.25, 0.3) is 5.56 Å². The predicted octanol–water partition coefficient (Wildman–Crippen LogP) is 5.46. The lowest BCUT2D eigenvalue weighted by Crippen LogP contribution is -2.20. The standard InChI is InChI=1S/C25H17ClN4O/c1-16-4-6-17(7-5-16)15-28-30-24(18-8-10-19(26)11-9-18)29-23-20-3-2-14-27-22(20)13-12-21(23)25(30)31/h2-15H,1H3/b28-15+. The lowest BCUT2D eigenvalue weighted by molar-refractivity contribution is 0.830. The second-order valence-electron chi connectivity index (χ2n) is 7.25. The number of aryl methyl sites for hydroxylation is 1. The zero-order valence-corrected chi connectivity index (χ0v) is 17.4. The van der Waals surface area contributed by atoms with Crippen molar-refractivity contribution >= 4 is 39.6 Å². The molecule has 5 nitrogen and oxygen atoms in total. The third-order valence-corrected chi connectivity index (χ3v) is 5.35. The average molecular weight is 425 g/mol. The van der Waals surface area contributed by atoms with Crippen LogP contribution in [0.3, 0.4) is 0 Å². The highest BCUT2D eigenvalue weighted by atomic mass is 35.5. The number of halogens is 1. The van der Waals surface area contributed by atoms with E-state index in [1.165, 1.54) is 4.68 Å². The summed E-state index contributed by atoms with van der Waals surface area (Å²) in [7, 11) is 0. The van der Waals surface area contributed by atoms with Gasteiger partial charge in [-0.3, -0.25) is 9.78 Å². The van der Waals surface area contributed by atoms with E-state index in [9.17, 15) is 4.79 Å². The molecule has 5 rings (SSSR count). The van der Waals surface area contributed by atoms with Gasteiger partial charge >= 0.3 is 0 Å². The van der Waals surface area contributed by atoms with Crippen molar-refractivity contribution in [2.75, 3.05) is 0 Å². The molecule has 0 saturated carbocycles. The van der Waals surface area contributed by atoms with Crippen LogP contribution in [0, 0.1) is 6.92 Å². The fraction of sp³-hybridized carbons (Fsp3) is 0.0400. The minimum Gasteiger partial charge on any atom is -0.267 e. The molecule has 0 aliphatic rings.